The monoisotopic (exact) mass is 334 g/mol. The molecule has 0 unspecified atom stereocenters. The van der Waals surface area contributed by atoms with Crippen molar-refractivity contribution in [1.29, 1.82) is 0 Å². The van der Waals surface area contributed by atoms with E-state index < -0.39 is 0 Å². The van der Waals surface area contributed by atoms with Crippen LogP contribution in [0.3, 0.4) is 0 Å². The highest BCUT2D eigenvalue weighted by molar-refractivity contribution is 7.07. The molecule has 0 N–H and O–H groups in total. The number of aromatic nitrogens is 3. The minimum Gasteiger partial charge on any atom is -0.373 e. The van der Waals surface area contributed by atoms with E-state index in [2.05, 4.69) is 10.1 Å². The predicted octanol–water partition coefficient (Wildman–Crippen LogP) is 2.23. The maximum atomic E-state index is 12.9. The van der Waals surface area contributed by atoms with Crippen LogP contribution < -0.4 is 0 Å². The first-order valence-corrected chi connectivity index (χ1v) is 8.67. The summed E-state index contributed by atoms with van der Waals surface area (Å²) in [5.41, 5.74) is 5.78. The van der Waals surface area contributed by atoms with E-state index in [1.54, 1.807) is 21.7 Å². The summed E-state index contributed by atoms with van der Waals surface area (Å²) in [6.07, 6.45) is 0.549. The highest BCUT2D eigenvalue weighted by Gasteiger charge is 2.39. The molecule has 7 heteroatoms. The molecule has 1 saturated heterocycles. The minimum absolute atomic E-state index is 0.114. The van der Waals surface area contributed by atoms with Crippen LogP contribution >= 0.6 is 11.3 Å². The van der Waals surface area contributed by atoms with Gasteiger partial charge in [0, 0.05) is 37.3 Å². The number of hydrogen-bond acceptors (Lipinski definition) is 5. The molecule has 0 radical (unpaired) electrons. The Morgan fingerprint density at radius 3 is 2.91 bits per heavy atom. The van der Waals surface area contributed by atoms with E-state index in [4.69, 9.17) is 4.74 Å². The molecule has 0 spiro atoms. The molecule has 2 aromatic heterocycles. The molecule has 2 atom stereocenters. The lowest BCUT2D eigenvalue weighted by Gasteiger charge is -2.24. The van der Waals surface area contributed by atoms with Gasteiger partial charge in [0.2, 0.25) is 5.91 Å². The molecule has 0 aliphatic carbocycles. The fourth-order valence-electron chi connectivity index (χ4n) is 3.25. The predicted molar refractivity (Wildman–Crippen MR) is 88.1 cm³/mol. The molecule has 0 saturated carbocycles. The third-order valence-corrected chi connectivity index (χ3v) is 5.15. The lowest BCUT2D eigenvalue weighted by atomic mass is 9.92. The van der Waals surface area contributed by atoms with Crippen LogP contribution in [-0.2, 0) is 23.1 Å². The van der Waals surface area contributed by atoms with Gasteiger partial charge in [-0.05, 0) is 20.3 Å². The Bertz CT molecular complexity index is 695. The fourth-order valence-corrected chi connectivity index (χ4v) is 3.80. The number of carbonyl (C=O) groups is 1. The van der Waals surface area contributed by atoms with Crippen molar-refractivity contribution >= 4 is 17.2 Å². The smallest absolute Gasteiger partial charge is 0.228 e. The third-order valence-electron chi connectivity index (χ3n) is 4.52. The summed E-state index contributed by atoms with van der Waals surface area (Å²) in [7, 11) is 3.76. The van der Waals surface area contributed by atoms with Gasteiger partial charge in [-0.1, -0.05) is 0 Å². The number of thiazole rings is 1. The Morgan fingerprint density at radius 2 is 2.30 bits per heavy atom. The summed E-state index contributed by atoms with van der Waals surface area (Å²) in [4.78, 5) is 18.9. The molecule has 1 amide bonds. The second kappa shape index (κ2) is 6.41. The molecule has 3 rings (SSSR count). The highest BCUT2D eigenvalue weighted by atomic mass is 32.1. The largest absolute Gasteiger partial charge is 0.373 e. The van der Waals surface area contributed by atoms with Crippen LogP contribution in [0.5, 0.6) is 0 Å². The van der Waals surface area contributed by atoms with Gasteiger partial charge in [-0.3, -0.25) is 9.48 Å². The van der Waals surface area contributed by atoms with Crippen LogP contribution in [0.4, 0.5) is 0 Å². The molecule has 3 heterocycles. The van der Waals surface area contributed by atoms with Crippen LogP contribution in [0.25, 0.3) is 0 Å². The molecule has 6 nitrogen and oxygen atoms in total. The van der Waals surface area contributed by atoms with Crippen molar-refractivity contribution in [2.75, 3.05) is 13.7 Å². The zero-order valence-electron chi connectivity index (χ0n) is 13.9. The van der Waals surface area contributed by atoms with Crippen molar-refractivity contribution in [3.63, 3.8) is 0 Å². The molecule has 1 fully saturated rings. The first-order valence-electron chi connectivity index (χ1n) is 7.72. The maximum Gasteiger partial charge on any atom is 0.228 e. The zero-order valence-corrected chi connectivity index (χ0v) is 14.8. The average Bonchev–Trinajstić information content (AvgIpc) is 3.21. The lowest BCUT2D eigenvalue weighted by molar-refractivity contribution is -0.136. The van der Waals surface area contributed by atoms with Gasteiger partial charge in [0.25, 0.3) is 0 Å². The number of carbonyl (C=O) groups excluding carboxylic acids is 1. The summed E-state index contributed by atoms with van der Waals surface area (Å²) >= 11 is 1.54. The first kappa shape index (κ1) is 16.1. The number of aryl methyl sites for hydroxylation is 2. The topological polar surface area (TPSA) is 60.3 Å². The zero-order chi connectivity index (χ0) is 16.6. The molecule has 0 bridgehead atoms. The maximum absolute atomic E-state index is 12.9. The number of rotatable bonds is 4. The van der Waals surface area contributed by atoms with Crippen LogP contribution in [0.15, 0.2) is 10.9 Å². The van der Waals surface area contributed by atoms with Crippen LogP contribution in [0, 0.1) is 19.8 Å². The SMILES string of the molecule is Cc1nn(C)c(C)c1[C@H]1OCC[C@@H]1C(=O)N(C)Cc1cscn1. The van der Waals surface area contributed by atoms with Crippen LogP contribution in [0.1, 0.15) is 35.2 Å². The number of ether oxygens (including phenoxy) is 1. The van der Waals surface area contributed by atoms with Crippen molar-refractivity contribution in [2.24, 2.45) is 13.0 Å². The van der Waals surface area contributed by atoms with Crippen molar-refractivity contribution in [1.82, 2.24) is 19.7 Å². The molecule has 0 aromatic carbocycles. The highest BCUT2D eigenvalue weighted by Crippen LogP contribution is 2.38. The summed E-state index contributed by atoms with van der Waals surface area (Å²) in [6.45, 7) is 5.15. The van der Waals surface area contributed by atoms with Gasteiger partial charge in [-0.25, -0.2) is 4.98 Å². The van der Waals surface area contributed by atoms with E-state index in [1.807, 2.05) is 38.0 Å². The summed E-state index contributed by atoms with van der Waals surface area (Å²) < 4.78 is 7.77. The molecular formula is C16H22N4O2S. The molecule has 124 valence electrons. The van der Waals surface area contributed by atoms with E-state index in [9.17, 15) is 4.79 Å². The van der Waals surface area contributed by atoms with Crippen LogP contribution in [-0.4, -0.2) is 39.2 Å². The van der Waals surface area contributed by atoms with Gasteiger partial charge < -0.3 is 9.64 Å². The van der Waals surface area contributed by atoms with Crippen molar-refractivity contribution in [2.45, 2.75) is 32.9 Å². The lowest BCUT2D eigenvalue weighted by Crippen LogP contribution is -2.34. The summed E-state index contributed by atoms with van der Waals surface area (Å²) in [6, 6.07) is 0. The standard InChI is InChI=1S/C16H22N4O2S/c1-10-14(11(2)20(4)18-10)15-13(5-6-22-15)16(21)19(3)7-12-8-23-9-17-12/h8-9,13,15H,5-7H2,1-4H3/t13-,15-/m0/s1. The Hall–Kier alpha value is -1.73. The fraction of sp³-hybridized carbons (Fsp3) is 0.562. The van der Waals surface area contributed by atoms with Gasteiger partial charge in [0.1, 0.15) is 0 Å². The number of nitrogens with zero attached hydrogens (tertiary/aromatic N) is 4. The van der Waals surface area contributed by atoms with Crippen molar-refractivity contribution in [3.05, 3.63) is 33.5 Å². The van der Waals surface area contributed by atoms with Gasteiger partial charge in [0.05, 0.1) is 35.5 Å². The van der Waals surface area contributed by atoms with Gasteiger partial charge in [-0.15, -0.1) is 11.3 Å². The normalized spacial score (nSPS) is 20.9. The first-order chi connectivity index (χ1) is 11.0. The Kier molecular flexibility index (Phi) is 4.50. The van der Waals surface area contributed by atoms with E-state index in [0.717, 1.165) is 29.1 Å². The third kappa shape index (κ3) is 3.03. The Morgan fingerprint density at radius 1 is 1.52 bits per heavy atom. The van der Waals surface area contributed by atoms with E-state index >= 15 is 0 Å². The van der Waals surface area contributed by atoms with Crippen molar-refractivity contribution in [3.8, 4) is 0 Å². The molecular weight excluding hydrogens is 312 g/mol. The Labute approximate surface area is 140 Å². The quantitative estimate of drug-likeness (QED) is 0.860. The molecule has 1 aliphatic rings. The second-order valence-electron chi connectivity index (χ2n) is 6.07. The minimum atomic E-state index is -0.200. The number of amides is 1. The van der Waals surface area contributed by atoms with E-state index in [0.29, 0.717) is 13.2 Å². The van der Waals surface area contributed by atoms with Gasteiger partial charge in [0.15, 0.2) is 0 Å². The van der Waals surface area contributed by atoms with E-state index in [1.165, 1.54) is 0 Å². The Balaban J connectivity index is 1.79. The average molecular weight is 334 g/mol. The van der Waals surface area contributed by atoms with Crippen molar-refractivity contribution < 1.29 is 9.53 Å². The summed E-state index contributed by atoms with van der Waals surface area (Å²) in [5, 5.41) is 6.43. The molecule has 23 heavy (non-hydrogen) atoms. The molecule has 2 aromatic rings. The number of hydrogen-bond donors (Lipinski definition) is 0. The molecule has 1 aliphatic heterocycles. The van der Waals surface area contributed by atoms with E-state index in [-0.39, 0.29) is 17.9 Å². The van der Waals surface area contributed by atoms with Gasteiger partial charge >= 0.3 is 0 Å². The summed E-state index contributed by atoms with van der Waals surface area (Å²) in [5.74, 6) is -0.0385. The van der Waals surface area contributed by atoms with Gasteiger partial charge in [-0.2, -0.15) is 5.10 Å². The second-order valence-corrected chi connectivity index (χ2v) is 6.79. The van der Waals surface area contributed by atoms with Crippen LogP contribution in [0.2, 0.25) is 0 Å².